The minimum atomic E-state index is -0.239. The van der Waals surface area contributed by atoms with E-state index >= 15 is 0 Å². The van der Waals surface area contributed by atoms with E-state index in [0.717, 1.165) is 54.8 Å². The summed E-state index contributed by atoms with van der Waals surface area (Å²) >= 11 is 0. The minimum absolute atomic E-state index is 0.239. The number of aryl methyl sites for hydroxylation is 2. The normalized spacial score (nSPS) is 14.0. The molecule has 1 aliphatic rings. The van der Waals surface area contributed by atoms with Crippen molar-refractivity contribution in [2.75, 3.05) is 41.3 Å². The molecule has 1 aliphatic heterocycles. The van der Waals surface area contributed by atoms with Crippen LogP contribution in [0.2, 0.25) is 0 Å². The Kier molecular flexibility index (Phi) is 5.33. The van der Waals surface area contributed by atoms with Gasteiger partial charge in [0.15, 0.2) is 0 Å². The van der Waals surface area contributed by atoms with Crippen LogP contribution in [0, 0.1) is 13.8 Å². The zero-order chi connectivity index (χ0) is 20.2. The molecule has 148 valence electrons. The molecule has 3 aromatic rings. The largest absolute Gasteiger partial charge is 0.353 e. The van der Waals surface area contributed by atoms with Crippen LogP contribution in [0.4, 0.5) is 17.5 Å². The quantitative estimate of drug-likeness (QED) is 0.733. The summed E-state index contributed by atoms with van der Waals surface area (Å²) in [6.45, 7) is 7.12. The molecule has 29 heavy (non-hydrogen) atoms. The smallest absolute Gasteiger partial charge is 0.274 e. The van der Waals surface area contributed by atoms with Gasteiger partial charge in [0, 0.05) is 50.3 Å². The van der Waals surface area contributed by atoms with Crippen LogP contribution < -0.4 is 15.1 Å². The van der Waals surface area contributed by atoms with Crippen molar-refractivity contribution in [3.63, 3.8) is 0 Å². The Labute approximate surface area is 169 Å². The number of carbonyl (C=O) groups is 1. The molecule has 1 fully saturated rings. The third kappa shape index (κ3) is 4.31. The molecule has 0 spiro atoms. The summed E-state index contributed by atoms with van der Waals surface area (Å²) in [5, 5.41) is 2.94. The lowest BCUT2D eigenvalue weighted by Gasteiger charge is -2.35. The van der Waals surface area contributed by atoms with Crippen molar-refractivity contribution in [3.05, 3.63) is 65.9 Å². The van der Waals surface area contributed by atoms with Crippen LogP contribution in [0.3, 0.4) is 0 Å². The zero-order valence-electron chi connectivity index (χ0n) is 16.5. The van der Waals surface area contributed by atoms with Gasteiger partial charge in [-0.15, -0.1) is 0 Å². The Morgan fingerprint density at radius 2 is 1.66 bits per heavy atom. The van der Waals surface area contributed by atoms with Crippen LogP contribution in [-0.4, -0.2) is 52.0 Å². The van der Waals surface area contributed by atoms with Crippen LogP contribution in [0.5, 0.6) is 0 Å². The van der Waals surface area contributed by atoms with E-state index in [2.05, 4.69) is 35.1 Å². The number of nitrogens with zero attached hydrogens (tertiary/aromatic N) is 6. The lowest BCUT2D eigenvalue weighted by Crippen LogP contribution is -2.47. The van der Waals surface area contributed by atoms with E-state index in [-0.39, 0.29) is 5.91 Å². The molecule has 0 radical (unpaired) electrons. The van der Waals surface area contributed by atoms with Crippen molar-refractivity contribution in [1.82, 2.24) is 19.9 Å². The van der Waals surface area contributed by atoms with Gasteiger partial charge in [0.2, 0.25) is 5.95 Å². The second kappa shape index (κ2) is 8.22. The molecule has 0 aliphatic carbocycles. The van der Waals surface area contributed by atoms with Gasteiger partial charge in [-0.3, -0.25) is 4.79 Å². The highest BCUT2D eigenvalue weighted by atomic mass is 16.1. The fraction of sp³-hybridized carbons (Fsp3) is 0.286. The predicted octanol–water partition coefficient (Wildman–Crippen LogP) is 2.46. The summed E-state index contributed by atoms with van der Waals surface area (Å²) in [4.78, 5) is 34.1. The van der Waals surface area contributed by atoms with E-state index in [1.807, 2.05) is 38.1 Å². The third-order valence-corrected chi connectivity index (χ3v) is 4.95. The van der Waals surface area contributed by atoms with Gasteiger partial charge in [0.05, 0.1) is 0 Å². The molecule has 8 heteroatoms. The number of aromatic nitrogens is 4. The molecule has 8 nitrogen and oxygen atoms in total. The van der Waals surface area contributed by atoms with Gasteiger partial charge in [0.25, 0.3) is 5.91 Å². The van der Waals surface area contributed by atoms with Gasteiger partial charge in [-0.05, 0) is 31.5 Å². The van der Waals surface area contributed by atoms with E-state index in [0.29, 0.717) is 5.69 Å². The molecule has 4 rings (SSSR count). The van der Waals surface area contributed by atoms with E-state index in [9.17, 15) is 4.79 Å². The topological polar surface area (TPSA) is 87.1 Å². The molecular weight excluding hydrogens is 366 g/mol. The van der Waals surface area contributed by atoms with Crippen molar-refractivity contribution in [3.8, 4) is 0 Å². The molecule has 3 heterocycles. The number of nitrogens with one attached hydrogen (secondary N) is 1. The average molecular weight is 389 g/mol. The number of anilines is 3. The summed E-state index contributed by atoms with van der Waals surface area (Å²) in [5.74, 6) is 1.25. The molecule has 1 N–H and O–H groups in total. The van der Waals surface area contributed by atoms with Gasteiger partial charge >= 0.3 is 0 Å². The summed E-state index contributed by atoms with van der Waals surface area (Å²) in [6.07, 6.45) is 4.94. The third-order valence-electron chi connectivity index (χ3n) is 4.95. The van der Waals surface area contributed by atoms with Crippen molar-refractivity contribution >= 4 is 23.4 Å². The summed E-state index contributed by atoms with van der Waals surface area (Å²) in [6, 6.07) is 9.48. The Morgan fingerprint density at radius 1 is 0.931 bits per heavy atom. The molecule has 1 aromatic carbocycles. The molecule has 1 amide bonds. The summed E-state index contributed by atoms with van der Waals surface area (Å²) in [5.41, 5.74) is 3.32. The maximum absolute atomic E-state index is 12.7. The number of benzene rings is 1. The highest BCUT2D eigenvalue weighted by Crippen LogP contribution is 2.19. The highest BCUT2D eigenvalue weighted by Gasteiger charge is 2.21. The Morgan fingerprint density at radius 3 is 2.38 bits per heavy atom. The second-order valence-corrected chi connectivity index (χ2v) is 7.06. The molecular formula is C21H23N7O. The van der Waals surface area contributed by atoms with E-state index < -0.39 is 0 Å². The van der Waals surface area contributed by atoms with Gasteiger partial charge < -0.3 is 15.1 Å². The fourth-order valence-electron chi connectivity index (χ4n) is 3.37. The van der Waals surface area contributed by atoms with Gasteiger partial charge in [-0.1, -0.05) is 17.7 Å². The highest BCUT2D eigenvalue weighted by molar-refractivity contribution is 6.03. The minimum Gasteiger partial charge on any atom is -0.353 e. The summed E-state index contributed by atoms with van der Waals surface area (Å²) in [7, 11) is 0. The predicted molar refractivity (Wildman–Crippen MR) is 112 cm³/mol. The number of hydrogen-bond donors (Lipinski definition) is 1. The summed E-state index contributed by atoms with van der Waals surface area (Å²) < 4.78 is 0. The molecule has 0 bridgehead atoms. The number of amides is 1. The van der Waals surface area contributed by atoms with Crippen LogP contribution >= 0.6 is 0 Å². The second-order valence-electron chi connectivity index (χ2n) is 7.06. The lowest BCUT2D eigenvalue weighted by molar-refractivity contribution is 0.102. The molecule has 0 unspecified atom stereocenters. The molecule has 1 saturated heterocycles. The SMILES string of the molecule is Cc1ccc(NC(=O)c2cc(N3CCN(c4ncccn4)CC3)ncn2)c(C)c1. The Hall–Kier alpha value is -3.55. The van der Waals surface area contributed by atoms with Crippen molar-refractivity contribution < 1.29 is 4.79 Å². The maximum Gasteiger partial charge on any atom is 0.274 e. The molecule has 0 atom stereocenters. The monoisotopic (exact) mass is 389 g/mol. The van der Waals surface area contributed by atoms with Gasteiger partial charge in [-0.2, -0.15) is 0 Å². The van der Waals surface area contributed by atoms with Crippen LogP contribution in [0.15, 0.2) is 49.1 Å². The maximum atomic E-state index is 12.7. The van der Waals surface area contributed by atoms with Crippen LogP contribution in [0.25, 0.3) is 0 Å². The van der Waals surface area contributed by atoms with Gasteiger partial charge in [-0.25, -0.2) is 19.9 Å². The standard InChI is InChI=1S/C21H23N7O/c1-15-4-5-17(16(2)12-15)26-20(29)18-13-19(25-14-24-18)27-8-10-28(11-9-27)21-22-6-3-7-23-21/h3-7,12-14H,8-11H2,1-2H3,(H,26,29). The first-order valence-corrected chi connectivity index (χ1v) is 9.58. The first-order chi connectivity index (χ1) is 14.1. The van der Waals surface area contributed by atoms with Crippen molar-refractivity contribution in [2.45, 2.75) is 13.8 Å². The number of rotatable bonds is 4. The van der Waals surface area contributed by atoms with E-state index in [1.165, 1.54) is 6.33 Å². The zero-order valence-corrected chi connectivity index (χ0v) is 16.5. The number of hydrogen-bond acceptors (Lipinski definition) is 7. The van der Waals surface area contributed by atoms with Crippen molar-refractivity contribution in [2.24, 2.45) is 0 Å². The Bertz CT molecular complexity index is 1000. The molecule has 2 aromatic heterocycles. The number of carbonyl (C=O) groups excluding carboxylic acids is 1. The van der Waals surface area contributed by atoms with E-state index in [4.69, 9.17) is 0 Å². The Balaban J connectivity index is 1.43. The lowest BCUT2D eigenvalue weighted by atomic mass is 10.1. The van der Waals surface area contributed by atoms with E-state index in [1.54, 1.807) is 18.5 Å². The first kappa shape index (κ1) is 18.8. The number of piperazine rings is 1. The fourth-order valence-corrected chi connectivity index (χ4v) is 3.37. The average Bonchev–Trinajstić information content (AvgIpc) is 2.76. The van der Waals surface area contributed by atoms with Crippen molar-refractivity contribution in [1.29, 1.82) is 0 Å². The van der Waals surface area contributed by atoms with Crippen LogP contribution in [0.1, 0.15) is 21.6 Å². The van der Waals surface area contributed by atoms with Gasteiger partial charge in [0.1, 0.15) is 17.8 Å². The molecule has 0 saturated carbocycles. The first-order valence-electron chi connectivity index (χ1n) is 9.58. The van der Waals surface area contributed by atoms with Crippen LogP contribution in [-0.2, 0) is 0 Å².